The Morgan fingerprint density at radius 2 is 0.953 bits per heavy atom. The van der Waals surface area contributed by atoms with Gasteiger partial charge in [-0.05, 0) is 57.6 Å². The largest absolute Gasteiger partial charge is 0.427 e. The van der Waals surface area contributed by atoms with Gasteiger partial charge in [-0.3, -0.25) is 9.05 Å². The van der Waals surface area contributed by atoms with Crippen LogP contribution in [0.2, 0.25) is 0 Å². The molecule has 0 bridgehead atoms. The Kier molecular flexibility index (Phi) is 8.55. The Hall–Kier alpha value is -3.14. The fraction of sp³-hybridized carbons (Fsp3) is 0.135. The Balaban J connectivity index is 0.00000147. The van der Waals surface area contributed by atoms with Gasteiger partial charge in [0.1, 0.15) is 0 Å². The molecule has 0 atom stereocenters. The van der Waals surface area contributed by atoms with Crippen LogP contribution in [0.1, 0.15) is 19.3 Å². The molecule has 6 aromatic carbocycles. The van der Waals surface area contributed by atoms with Crippen molar-refractivity contribution in [1.29, 1.82) is 0 Å². The van der Waals surface area contributed by atoms with Gasteiger partial charge >= 0.3 is 37.7 Å². The van der Waals surface area contributed by atoms with Crippen molar-refractivity contribution in [3.05, 3.63) is 121 Å². The summed E-state index contributed by atoms with van der Waals surface area (Å²) in [5.74, 6) is 1.87. The molecule has 0 unspecified atom stereocenters. The van der Waals surface area contributed by atoms with E-state index in [9.17, 15) is 0 Å². The van der Waals surface area contributed by atoms with E-state index >= 15 is 0 Å². The van der Waals surface area contributed by atoms with Crippen LogP contribution in [0.5, 0.6) is 11.5 Å². The minimum Gasteiger partial charge on any atom is -0.291 e. The molecule has 0 spiro atoms. The topological polar surface area (TPSA) is 21.7 Å². The molecule has 8 rings (SSSR count). The molecule has 218 valence electrons. The van der Waals surface area contributed by atoms with Crippen LogP contribution in [0, 0.1) is 0 Å². The summed E-state index contributed by atoms with van der Waals surface area (Å²) < 4.78 is 16.9. The van der Waals surface area contributed by atoms with Crippen LogP contribution >= 0.6 is 17.7 Å². The number of piperidine rings is 1. The number of hydrogen-bond donors (Lipinski definition) is 0. The first-order valence-corrected chi connectivity index (χ1v) is 18.6. The van der Waals surface area contributed by atoms with Crippen molar-refractivity contribution in [2.75, 3.05) is 13.1 Å². The maximum atomic E-state index is 7.22. The third-order valence-corrected chi connectivity index (χ3v) is 10.1. The number of benzene rings is 6. The summed E-state index contributed by atoms with van der Waals surface area (Å²) in [5.41, 5.74) is 6.79. The molecule has 0 saturated carbocycles. The molecular formula is C37H31AuClNO2P+. The second-order valence-electron chi connectivity index (χ2n) is 10.9. The Morgan fingerprint density at radius 1 is 0.535 bits per heavy atom. The number of nitrogens with zero attached hydrogens (tertiary/aromatic N) is 1. The van der Waals surface area contributed by atoms with Gasteiger partial charge in [-0.15, -0.1) is 4.67 Å². The van der Waals surface area contributed by atoms with E-state index < -0.39 is 8.53 Å². The van der Waals surface area contributed by atoms with Crippen LogP contribution in [0.15, 0.2) is 121 Å². The summed E-state index contributed by atoms with van der Waals surface area (Å²) in [5, 5.41) is 4.76. The molecule has 0 aromatic heterocycles. The van der Waals surface area contributed by atoms with Crippen LogP contribution in [0.25, 0.3) is 54.9 Å². The number of hydrogen-bond acceptors (Lipinski definition) is 3. The van der Waals surface area contributed by atoms with Crippen molar-refractivity contribution in [3.8, 4) is 44.9 Å². The van der Waals surface area contributed by atoms with Crippen molar-refractivity contribution in [1.82, 2.24) is 4.67 Å². The first-order valence-electron chi connectivity index (χ1n) is 14.7. The Labute approximate surface area is 270 Å². The monoisotopic (exact) mass is 784 g/mol. The maximum absolute atomic E-state index is 7.22. The summed E-state index contributed by atoms with van der Waals surface area (Å²) in [4.78, 5) is 0. The van der Waals surface area contributed by atoms with E-state index in [1.807, 2.05) is 0 Å². The molecule has 3 nitrogen and oxygen atoms in total. The van der Waals surface area contributed by atoms with Crippen LogP contribution in [-0.2, 0) is 20.0 Å². The zero-order chi connectivity index (χ0) is 29.2. The van der Waals surface area contributed by atoms with Gasteiger partial charge in [0, 0.05) is 35.3 Å². The molecule has 2 aliphatic rings. The molecule has 6 aromatic rings. The summed E-state index contributed by atoms with van der Waals surface area (Å²) in [6.45, 7) is 2.00. The van der Waals surface area contributed by atoms with E-state index in [2.05, 4.69) is 135 Å². The van der Waals surface area contributed by atoms with Crippen molar-refractivity contribution < 1.29 is 29.0 Å². The van der Waals surface area contributed by atoms with E-state index in [1.54, 1.807) is 20.0 Å². The smallest absolute Gasteiger partial charge is 0.291 e. The van der Waals surface area contributed by atoms with E-state index in [0.717, 1.165) is 58.0 Å². The third-order valence-electron chi connectivity index (χ3n) is 8.42. The molecule has 2 heterocycles. The fourth-order valence-corrected chi connectivity index (χ4v) is 8.19. The molecule has 0 amide bonds. The molecule has 0 aliphatic carbocycles. The number of halogens is 1. The van der Waals surface area contributed by atoms with Crippen molar-refractivity contribution >= 4 is 39.3 Å². The van der Waals surface area contributed by atoms with E-state index in [0.29, 0.717) is 0 Å². The molecule has 43 heavy (non-hydrogen) atoms. The van der Waals surface area contributed by atoms with Crippen LogP contribution < -0.4 is 9.05 Å². The van der Waals surface area contributed by atoms with Crippen molar-refractivity contribution in [3.63, 3.8) is 0 Å². The van der Waals surface area contributed by atoms with Crippen molar-refractivity contribution in [2.24, 2.45) is 0 Å². The minimum atomic E-state index is -1.87. The van der Waals surface area contributed by atoms with Gasteiger partial charge in [0.2, 0.25) is 0 Å². The second kappa shape index (κ2) is 12.8. The van der Waals surface area contributed by atoms with Gasteiger partial charge in [0.25, 0.3) is 0 Å². The average molecular weight is 785 g/mol. The summed E-state index contributed by atoms with van der Waals surface area (Å²) in [7, 11) is 2.71. The van der Waals surface area contributed by atoms with Crippen molar-refractivity contribution in [2.45, 2.75) is 19.3 Å². The third kappa shape index (κ3) is 5.40. The van der Waals surface area contributed by atoms with E-state index in [-0.39, 0.29) is 0 Å². The summed E-state index contributed by atoms with van der Waals surface area (Å²) in [6, 6.07) is 43.3. The summed E-state index contributed by atoms with van der Waals surface area (Å²) in [6.07, 6.45) is 3.61. The molecular weight excluding hydrogens is 754 g/mol. The zero-order valence-corrected chi connectivity index (χ0v) is 27.4. The second-order valence-corrected chi connectivity index (χ2v) is 12.5. The maximum Gasteiger partial charge on any atom is 0.427 e. The normalized spacial score (nSPS) is 15.0. The molecule has 0 radical (unpaired) electrons. The fourth-order valence-electron chi connectivity index (χ4n) is 6.43. The summed E-state index contributed by atoms with van der Waals surface area (Å²) >= 11 is 1.75. The van der Waals surface area contributed by atoms with E-state index in [1.165, 1.54) is 40.8 Å². The first-order chi connectivity index (χ1) is 21.3. The molecule has 6 heteroatoms. The minimum absolute atomic E-state index is 0.934. The van der Waals surface area contributed by atoms with Gasteiger partial charge < -0.3 is 0 Å². The standard InChI is InChI=1S/C37H30NO2P.Au.ClH/c1-4-14-26(15-5-1)32-24-28-18-8-10-20-30(28)34-35-31-21-11-9-19-29(31)25-33(27-16-6-2-7-17-27)37(35)40-41(39-36(32)34)38-22-12-3-13-23-38;;/h1-2,4-11,14-21,24-25H,3,12-13,22-23H2;;1H/q;+1;. The van der Waals surface area contributed by atoms with Crippen LogP contribution in [0.3, 0.4) is 0 Å². The number of rotatable bonds is 3. The Bertz CT molecular complexity index is 1760. The zero-order valence-electron chi connectivity index (χ0n) is 23.5. The SMILES string of the molecule is [Cl][Au].c1ccc(-c2cc3ccccc3c3c2O[PH+](N2CCCCC2)Oc2c(-c4ccccc4)cc4ccccc4c2-3)cc1. The molecule has 0 N–H and O–H groups in total. The Morgan fingerprint density at radius 3 is 1.42 bits per heavy atom. The molecule has 2 aliphatic heterocycles. The van der Waals surface area contributed by atoms with Crippen LogP contribution in [0.4, 0.5) is 0 Å². The van der Waals surface area contributed by atoms with Gasteiger partial charge in [0.05, 0.1) is 0 Å². The predicted molar refractivity (Wildman–Crippen MR) is 179 cm³/mol. The van der Waals surface area contributed by atoms with Gasteiger partial charge in [-0.2, -0.15) is 0 Å². The number of fused-ring (bicyclic) bond motifs is 7. The van der Waals surface area contributed by atoms with Gasteiger partial charge in [-0.25, -0.2) is 0 Å². The molecule has 1 saturated heterocycles. The molecule has 1 fully saturated rings. The first kappa shape index (κ1) is 28.6. The van der Waals surface area contributed by atoms with Gasteiger partial charge in [0.15, 0.2) is 11.5 Å². The van der Waals surface area contributed by atoms with Gasteiger partial charge in [-0.1, -0.05) is 116 Å². The van der Waals surface area contributed by atoms with E-state index in [4.69, 9.17) is 9.05 Å². The average Bonchev–Trinajstić information content (AvgIpc) is 3.28. The quantitative estimate of drug-likeness (QED) is 0.132. The predicted octanol–water partition coefficient (Wildman–Crippen LogP) is 10.9. The van der Waals surface area contributed by atoms with Crippen LogP contribution in [-0.4, -0.2) is 17.8 Å².